The Hall–Kier alpha value is -0.570. The van der Waals surface area contributed by atoms with Gasteiger partial charge in [-0.05, 0) is 45.1 Å². The lowest BCUT2D eigenvalue weighted by atomic mass is 9.80. The molecule has 100 valence electrons. The largest absolute Gasteiger partial charge is 0.481 e. The minimum Gasteiger partial charge on any atom is -0.481 e. The van der Waals surface area contributed by atoms with Gasteiger partial charge in [-0.25, -0.2) is 0 Å². The predicted molar refractivity (Wildman–Crippen MR) is 70.1 cm³/mol. The van der Waals surface area contributed by atoms with Crippen molar-refractivity contribution in [2.45, 2.75) is 59.4 Å². The van der Waals surface area contributed by atoms with Gasteiger partial charge >= 0.3 is 5.97 Å². The van der Waals surface area contributed by atoms with Gasteiger partial charge in [-0.2, -0.15) is 0 Å². The molecular formula is C14H27NO2. The summed E-state index contributed by atoms with van der Waals surface area (Å²) in [6, 6.07) is 0.524. The zero-order valence-electron chi connectivity index (χ0n) is 11.7. The number of hydrogen-bond donors (Lipinski definition) is 1. The molecule has 1 aliphatic heterocycles. The highest BCUT2D eigenvalue weighted by Gasteiger charge is 2.38. The van der Waals surface area contributed by atoms with E-state index in [1.165, 1.54) is 12.8 Å². The van der Waals surface area contributed by atoms with E-state index in [0.717, 1.165) is 25.3 Å². The first-order chi connectivity index (χ1) is 7.95. The Morgan fingerprint density at radius 1 is 1.35 bits per heavy atom. The maximum Gasteiger partial charge on any atom is 0.310 e. The van der Waals surface area contributed by atoms with Crippen LogP contribution in [0.5, 0.6) is 0 Å². The molecule has 2 atom stereocenters. The number of rotatable bonds is 5. The summed E-state index contributed by atoms with van der Waals surface area (Å²) in [6.45, 7) is 10.3. The number of hydrogen-bond acceptors (Lipinski definition) is 2. The summed E-state index contributed by atoms with van der Waals surface area (Å²) in [7, 11) is 0. The fourth-order valence-electron chi connectivity index (χ4n) is 2.92. The first-order valence-corrected chi connectivity index (χ1v) is 6.92. The van der Waals surface area contributed by atoms with Crippen LogP contribution in [0.2, 0.25) is 0 Å². The number of likely N-dealkylation sites (tertiary alicyclic amines) is 1. The van der Waals surface area contributed by atoms with Crippen molar-refractivity contribution in [1.29, 1.82) is 0 Å². The van der Waals surface area contributed by atoms with E-state index in [-0.39, 0.29) is 0 Å². The van der Waals surface area contributed by atoms with Crippen molar-refractivity contribution in [1.82, 2.24) is 4.90 Å². The van der Waals surface area contributed by atoms with Crippen molar-refractivity contribution in [3.8, 4) is 0 Å². The summed E-state index contributed by atoms with van der Waals surface area (Å²) in [5.41, 5.74) is -0.547. The summed E-state index contributed by atoms with van der Waals surface area (Å²) >= 11 is 0. The second-order valence-corrected chi connectivity index (χ2v) is 5.74. The van der Waals surface area contributed by atoms with Gasteiger partial charge in [0.2, 0.25) is 0 Å². The average molecular weight is 241 g/mol. The minimum atomic E-state index is -0.631. The zero-order chi connectivity index (χ0) is 13.1. The molecule has 0 amide bonds. The maximum atomic E-state index is 11.5. The van der Waals surface area contributed by atoms with E-state index in [2.05, 4.69) is 18.7 Å². The summed E-state index contributed by atoms with van der Waals surface area (Å²) in [5, 5.41) is 9.47. The minimum absolute atomic E-state index is 0.524. The Bertz CT molecular complexity index is 261. The Morgan fingerprint density at radius 2 is 1.94 bits per heavy atom. The van der Waals surface area contributed by atoms with Crippen LogP contribution in [0.25, 0.3) is 0 Å². The maximum absolute atomic E-state index is 11.5. The van der Waals surface area contributed by atoms with Crippen LogP contribution >= 0.6 is 0 Å². The summed E-state index contributed by atoms with van der Waals surface area (Å²) in [5.74, 6) is 0.150. The van der Waals surface area contributed by atoms with Crippen molar-refractivity contribution < 1.29 is 9.90 Å². The van der Waals surface area contributed by atoms with Crippen molar-refractivity contribution in [2.24, 2.45) is 11.3 Å². The molecule has 0 aromatic heterocycles. The molecule has 1 saturated heterocycles. The van der Waals surface area contributed by atoms with Crippen LogP contribution in [-0.2, 0) is 4.79 Å². The molecule has 0 radical (unpaired) electrons. The molecule has 0 saturated carbocycles. The standard InChI is InChI=1S/C14H27NO2/c1-5-14(6-2,13(16)17)10-15-8-7-11(3)9-12(15)4/h11-12H,5-10H2,1-4H3,(H,16,17). The monoisotopic (exact) mass is 241 g/mol. The molecule has 0 bridgehead atoms. The topological polar surface area (TPSA) is 40.5 Å². The smallest absolute Gasteiger partial charge is 0.310 e. The Morgan fingerprint density at radius 3 is 2.35 bits per heavy atom. The normalized spacial score (nSPS) is 27.1. The molecule has 2 unspecified atom stereocenters. The number of carbonyl (C=O) groups is 1. The molecule has 3 nitrogen and oxygen atoms in total. The number of carboxylic acids is 1. The number of nitrogens with zero attached hydrogens (tertiary/aromatic N) is 1. The van der Waals surface area contributed by atoms with Gasteiger partial charge in [-0.1, -0.05) is 20.8 Å². The lowest BCUT2D eigenvalue weighted by Crippen LogP contribution is -2.49. The van der Waals surface area contributed by atoms with E-state index in [4.69, 9.17) is 0 Å². The average Bonchev–Trinajstić information content (AvgIpc) is 2.28. The fourth-order valence-corrected chi connectivity index (χ4v) is 2.92. The van der Waals surface area contributed by atoms with Crippen LogP contribution in [0.15, 0.2) is 0 Å². The molecule has 1 N–H and O–H groups in total. The highest BCUT2D eigenvalue weighted by atomic mass is 16.4. The van der Waals surface area contributed by atoms with Gasteiger partial charge in [0.25, 0.3) is 0 Å². The lowest BCUT2D eigenvalue weighted by Gasteiger charge is -2.41. The number of aliphatic carboxylic acids is 1. The first-order valence-electron chi connectivity index (χ1n) is 6.92. The van der Waals surface area contributed by atoms with Crippen LogP contribution in [0.3, 0.4) is 0 Å². The third-order valence-corrected chi connectivity index (χ3v) is 4.59. The van der Waals surface area contributed by atoms with Gasteiger partial charge < -0.3 is 5.11 Å². The molecule has 0 aliphatic carbocycles. The van der Waals surface area contributed by atoms with E-state index < -0.39 is 11.4 Å². The fraction of sp³-hybridized carbons (Fsp3) is 0.929. The molecule has 1 fully saturated rings. The Kier molecular flexibility index (Phi) is 4.99. The molecule has 0 aromatic rings. The van der Waals surface area contributed by atoms with Crippen LogP contribution in [0.1, 0.15) is 53.4 Å². The van der Waals surface area contributed by atoms with E-state index in [0.29, 0.717) is 12.6 Å². The van der Waals surface area contributed by atoms with Gasteiger partial charge in [0.05, 0.1) is 5.41 Å². The highest BCUT2D eigenvalue weighted by molar-refractivity contribution is 5.74. The molecule has 0 spiro atoms. The van der Waals surface area contributed by atoms with E-state index >= 15 is 0 Å². The molecule has 1 heterocycles. The second kappa shape index (κ2) is 5.85. The van der Waals surface area contributed by atoms with Crippen molar-refractivity contribution in [2.75, 3.05) is 13.1 Å². The highest BCUT2D eigenvalue weighted by Crippen LogP contribution is 2.31. The Labute approximate surface area is 105 Å². The third kappa shape index (κ3) is 3.21. The SMILES string of the molecule is CCC(CC)(CN1CCC(C)CC1C)C(=O)O. The molecule has 1 rings (SSSR count). The van der Waals surface area contributed by atoms with Crippen molar-refractivity contribution in [3.05, 3.63) is 0 Å². The van der Waals surface area contributed by atoms with Gasteiger partial charge in [0, 0.05) is 12.6 Å². The van der Waals surface area contributed by atoms with Gasteiger partial charge in [-0.15, -0.1) is 0 Å². The quantitative estimate of drug-likeness (QED) is 0.804. The van der Waals surface area contributed by atoms with Crippen LogP contribution in [0.4, 0.5) is 0 Å². The van der Waals surface area contributed by atoms with Crippen LogP contribution < -0.4 is 0 Å². The first kappa shape index (κ1) is 14.5. The van der Waals surface area contributed by atoms with Crippen LogP contribution in [-0.4, -0.2) is 35.1 Å². The summed E-state index contributed by atoms with van der Waals surface area (Å²) in [4.78, 5) is 13.9. The van der Waals surface area contributed by atoms with Crippen molar-refractivity contribution in [3.63, 3.8) is 0 Å². The molecular weight excluding hydrogens is 214 g/mol. The van der Waals surface area contributed by atoms with Crippen molar-refractivity contribution >= 4 is 5.97 Å². The summed E-state index contributed by atoms with van der Waals surface area (Å²) < 4.78 is 0. The third-order valence-electron chi connectivity index (χ3n) is 4.59. The number of carboxylic acid groups (broad SMARTS) is 1. The van der Waals surface area contributed by atoms with Crippen LogP contribution in [0, 0.1) is 11.3 Å². The molecule has 1 aliphatic rings. The molecule has 17 heavy (non-hydrogen) atoms. The Balaban J connectivity index is 2.70. The van der Waals surface area contributed by atoms with E-state index in [9.17, 15) is 9.90 Å². The summed E-state index contributed by atoms with van der Waals surface area (Å²) in [6.07, 6.45) is 3.84. The lowest BCUT2D eigenvalue weighted by molar-refractivity contribution is -0.151. The molecule has 3 heteroatoms. The zero-order valence-corrected chi connectivity index (χ0v) is 11.7. The van der Waals surface area contributed by atoms with Gasteiger partial charge in [0.1, 0.15) is 0 Å². The second-order valence-electron chi connectivity index (χ2n) is 5.74. The van der Waals surface area contributed by atoms with Gasteiger partial charge in [-0.3, -0.25) is 9.69 Å². The number of piperidine rings is 1. The van der Waals surface area contributed by atoms with Gasteiger partial charge in [0.15, 0.2) is 0 Å². The predicted octanol–water partition coefficient (Wildman–Crippen LogP) is 3.00. The molecule has 0 aromatic carbocycles. The van der Waals surface area contributed by atoms with E-state index in [1.807, 2.05) is 13.8 Å². The van der Waals surface area contributed by atoms with E-state index in [1.54, 1.807) is 0 Å².